The zero-order valence-electron chi connectivity index (χ0n) is 22.8. The van der Waals surface area contributed by atoms with E-state index in [1.807, 2.05) is 13.8 Å². The van der Waals surface area contributed by atoms with Gasteiger partial charge in [-0.3, -0.25) is 9.59 Å². The van der Waals surface area contributed by atoms with Crippen molar-refractivity contribution in [3.05, 3.63) is 71.8 Å². The smallest absolute Gasteiger partial charge is 0.333 e. The Morgan fingerprint density at radius 3 is 1.50 bits per heavy atom. The van der Waals surface area contributed by atoms with Gasteiger partial charge in [-0.2, -0.15) is 0 Å². The van der Waals surface area contributed by atoms with Gasteiger partial charge < -0.3 is 18.9 Å². The summed E-state index contributed by atoms with van der Waals surface area (Å²) in [6.07, 6.45) is 5.08. The van der Waals surface area contributed by atoms with Gasteiger partial charge in [0.15, 0.2) is 5.78 Å². The van der Waals surface area contributed by atoms with Crippen LogP contribution in [-0.4, -0.2) is 44.1 Å². The van der Waals surface area contributed by atoms with Gasteiger partial charge in [0.2, 0.25) is 0 Å². The Morgan fingerprint density at radius 2 is 1.08 bits per heavy atom. The third kappa shape index (κ3) is 11.6. The van der Waals surface area contributed by atoms with Crippen molar-refractivity contribution >= 4 is 17.7 Å². The molecule has 0 amide bonds. The van der Waals surface area contributed by atoms with Crippen LogP contribution in [0.1, 0.15) is 75.2 Å². The number of ketones is 1. The zero-order chi connectivity index (χ0) is 27.8. The van der Waals surface area contributed by atoms with Crippen molar-refractivity contribution in [1.29, 1.82) is 0 Å². The molecule has 0 aliphatic rings. The highest BCUT2D eigenvalue weighted by Gasteiger charge is 2.10. The van der Waals surface area contributed by atoms with Gasteiger partial charge in [-0.15, -0.1) is 0 Å². The zero-order valence-corrected chi connectivity index (χ0v) is 22.8. The fourth-order valence-corrected chi connectivity index (χ4v) is 3.34. The lowest BCUT2D eigenvalue weighted by atomic mass is 10.0. The van der Waals surface area contributed by atoms with Gasteiger partial charge in [0.25, 0.3) is 0 Å². The number of unbranched alkanes of at least 4 members (excludes halogenated alkanes) is 4. The highest BCUT2D eigenvalue weighted by Crippen LogP contribution is 2.19. The standard InChI is InChI=1S/C31H40O7/c1-23(2)30(33)37-21-9-5-7-19-35-27-15-11-25(12-16-27)29(32)26-13-17-28(18-14-26)36-20-8-6-10-22-38-31(34)24(3)4/h11-18,24H,1,5-10,19-22H2,2-4H3. The van der Waals surface area contributed by atoms with Gasteiger partial charge in [0, 0.05) is 16.7 Å². The van der Waals surface area contributed by atoms with Crippen molar-refractivity contribution in [3.8, 4) is 11.5 Å². The van der Waals surface area contributed by atoms with E-state index in [4.69, 9.17) is 18.9 Å². The maximum atomic E-state index is 12.8. The molecule has 0 radical (unpaired) electrons. The second kappa shape index (κ2) is 17.0. The second-order valence-electron chi connectivity index (χ2n) is 9.43. The summed E-state index contributed by atoms with van der Waals surface area (Å²) in [5, 5.41) is 0. The highest BCUT2D eigenvalue weighted by molar-refractivity contribution is 6.09. The van der Waals surface area contributed by atoms with Crippen molar-refractivity contribution in [2.24, 2.45) is 5.92 Å². The molecule has 2 aromatic rings. The number of benzene rings is 2. The lowest BCUT2D eigenvalue weighted by Gasteiger charge is -2.09. The minimum Gasteiger partial charge on any atom is -0.494 e. The van der Waals surface area contributed by atoms with Gasteiger partial charge >= 0.3 is 11.9 Å². The normalized spacial score (nSPS) is 10.6. The summed E-state index contributed by atoms with van der Waals surface area (Å²) in [5.74, 6) is 0.739. The van der Waals surface area contributed by atoms with Crippen molar-refractivity contribution in [1.82, 2.24) is 0 Å². The van der Waals surface area contributed by atoms with Crippen LogP contribution in [-0.2, 0) is 19.1 Å². The van der Waals surface area contributed by atoms with Gasteiger partial charge in [-0.25, -0.2) is 4.79 Å². The van der Waals surface area contributed by atoms with E-state index in [0.717, 1.165) is 38.5 Å². The molecule has 0 atom stereocenters. The highest BCUT2D eigenvalue weighted by atomic mass is 16.5. The molecule has 0 aliphatic heterocycles. The minimum absolute atomic E-state index is 0.0663. The van der Waals surface area contributed by atoms with Crippen LogP contribution in [0, 0.1) is 5.92 Å². The molecule has 7 heteroatoms. The number of esters is 2. The van der Waals surface area contributed by atoms with Crippen LogP contribution < -0.4 is 9.47 Å². The topological polar surface area (TPSA) is 88.1 Å². The number of rotatable bonds is 18. The molecule has 0 fully saturated rings. The van der Waals surface area contributed by atoms with E-state index in [0.29, 0.717) is 54.6 Å². The largest absolute Gasteiger partial charge is 0.494 e. The molecule has 38 heavy (non-hydrogen) atoms. The fraction of sp³-hybridized carbons (Fsp3) is 0.452. The molecule has 0 spiro atoms. The molecular formula is C31H40O7. The van der Waals surface area contributed by atoms with Crippen molar-refractivity contribution in [2.75, 3.05) is 26.4 Å². The van der Waals surface area contributed by atoms with Crippen molar-refractivity contribution in [3.63, 3.8) is 0 Å². The summed E-state index contributed by atoms with van der Waals surface area (Å²) in [6.45, 7) is 10.8. The molecule has 2 rings (SSSR count). The number of carbonyl (C=O) groups is 3. The van der Waals surface area contributed by atoms with Crippen molar-refractivity contribution < 1.29 is 33.3 Å². The summed E-state index contributed by atoms with van der Waals surface area (Å²) < 4.78 is 21.7. The lowest BCUT2D eigenvalue weighted by Crippen LogP contribution is -2.12. The average Bonchev–Trinajstić information content (AvgIpc) is 2.91. The summed E-state index contributed by atoms with van der Waals surface area (Å²) in [5.41, 5.74) is 1.58. The van der Waals surface area contributed by atoms with E-state index >= 15 is 0 Å². The van der Waals surface area contributed by atoms with Gasteiger partial charge in [-0.05, 0) is 94.0 Å². The monoisotopic (exact) mass is 524 g/mol. The molecule has 0 saturated heterocycles. The first-order valence-corrected chi connectivity index (χ1v) is 13.3. The first-order chi connectivity index (χ1) is 18.3. The van der Waals surface area contributed by atoms with Gasteiger partial charge in [0.05, 0.1) is 32.3 Å². The third-order valence-electron chi connectivity index (χ3n) is 5.65. The van der Waals surface area contributed by atoms with Crippen LogP contribution in [0.25, 0.3) is 0 Å². The molecule has 0 heterocycles. The Bertz CT molecular complexity index is 1020. The molecule has 0 unspecified atom stereocenters. The van der Waals surface area contributed by atoms with E-state index in [1.54, 1.807) is 55.5 Å². The predicted molar refractivity (Wildman–Crippen MR) is 147 cm³/mol. The van der Waals surface area contributed by atoms with Crippen LogP contribution in [0.15, 0.2) is 60.7 Å². The van der Waals surface area contributed by atoms with Crippen LogP contribution in [0.4, 0.5) is 0 Å². The number of carbonyl (C=O) groups excluding carboxylic acids is 3. The quantitative estimate of drug-likeness (QED) is 0.0974. The first kappa shape index (κ1) is 30.6. The molecule has 0 saturated carbocycles. The lowest BCUT2D eigenvalue weighted by molar-refractivity contribution is -0.147. The Balaban J connectivity index is 1.64. The van der Waals surface area contributed by atoms with Crippen LogP contribution in [0.5, 0.6) is 11.5 Å². The maximum absolute atomic E-state index is 12.8. The molecule has 2 aromatic carbocycles. The number of hydrogen-bond acceptors (Lipinski definition) is 7. The molecule has 7 nitrogen and oxygen atoms in total. The van der Waals surface area contributed by atoms with E-state index in [2.05, 4.69) is 6.58 Å². The summed E-state index contributed by atoms with van der Waals surface area (Å²) in [7, 11) is 0. The van der Waals surface area contributed by atoms with E-state index < -0.39 is 0 Å². The van der Waals surface area contributed by atoms with Gasteiger partial charge in [0.1, 0.15) is 11.5 Å². The average molecular weight is 525 g/mol. The van der Waals surface area contributed by atoms with Crippen LogP contribution in [0.2, 0.25) is 0 Å². The maximum Gasteiger partial charge on any atom is 0.333 e. The van der Waals surface area contributed by atoms with E-state index in [9.17, 15) is 14.4 Å². The van der Waals surface area contributed by atoms with Gasteiger partial charge in [-0.1, -0.05) is 20.4 Å². The number of hydrogen-bond donors (Lipinski definition) is 0. The molecule has 0 aromatic heterocycles. The molecule has 0 N–H and O–H groups in total. The Morgan fingerprint density at radius 1 is 0.658 bits per heavy atom. The Kier molecular flexibility index (Phi) is 13.7. The molecular weight excluding hydrogens is 484 g/mol. The second-order valence-corrected chi connectivity index (χ2v) is 9.43. The van der Waals surface area contributed by atoms with Crippen molar-refractivity contribution in [2.45, 2.75) is 59.3 Å². The first-order valence-electron chi connectivity index (χ1n) is 13.3. The molecule has 0 aliphatic carbocycles. The molecule has 206 valence electrons. The predicted octanol–water partition coefficient (Wildman–Crippen LogP) is 6.33. The summed E-state index contributed by atoms with van der Waals surface area (Å²) in [4.78, 5) is 35.5. The van der Waals surface area contributed by atoms with Crippen LogP contribution >= 0.6 is 0 Å². The SMILES string of the molecule is C=C(C)C(=O)OCCCCCOc1ccc(C(=O)c2ccc(OCCCCCOC(=O)C(C)C)cc2)cc1. The third-order valence-corrected chi connectivity index (χ3v) is 5.65. The molecule has 0 bridgehead atoms. The van der Waals surface area contributed by atoms with Crippen LogP contribution in [0.3, 0.4) is 0 Å². The Hall–Kier alpha value is -3.61. The number of ether oxygens (including phenoxy) is 4. The minimum atomic E-state index is -0.355. The Labute approximate surface area is 226 Å². The summed E-state index contributed by atoms with van der Waals surface area (Å²) >= 11 is 0. The van der Waals surface area contributed by atoms with E-state index in [-0.39, 0.29) is 23.6 Å². The van der Waals surface area contributed by atoms with E-state index in [1.165, 1.54) is 0 Å². The summed E-state index contributed by atoms with van der Waals surface area (Å²) in [6, 6.07) is 14.2. The fourth-order valence-electron chi connectivity index (χ4n) is 3.34.